The second-order valence-corrected chi connectivity index (χ2v) is 4.13. The number of aromatic hydroxyl groups is 1. The summed E-state index contributed by atoms with van der Waals surface area (Å²) in [5.74, 6) is 0.448. The molecule has 3 N–H and O–H groups in total. The molecule has 0 fully saturated rings. The van der Waals surface area contributed by atoms with Gasteiger partial charge in [-0.05, 0) is 55.4 Å². The van der Waals surface area contributed by atoms with Crippen LogP contribution in [-0.2, 0) is 12.8 Å². The number of benzene rings is 1. The molecule has 0 amide bonds. The fraction of sp³-hybridized carbons (Fsp3) is 0.500. The van der Waals surface area contributed by atoms with E-state index in [4.69, 9.17) is 5.73 Å². The van der Waals surface area contributed by atoms with Gasteiger partial charge in [0.05, 0.1) is 0 Å². The first-order valence-electron chi connectivity index (χ1n) is 5.29. The molecular weight excluding hydrogens is 174 g/mol. The van der Waals surface area contributed by atoms with Gasteiger partial charge in [-0.25, -0.2) is 0 Å². The van der Waals surface area contributed by atoms with E-state index in [1.54, 1.807) is 6.07 Å². The largest absolute Gasteiger partial charge is 0.508 e. The van der Waals surface area contributed by atoms with Crippen LogP contribution in [0.25, 0.3) is 0 Å². The first kappa shape index (κ1) is 9.53. The van der Waals surface area contributed by atoms with Crippen molar-refractivity contribution >= 4 is 0 Å². The highest BCUT2D eigenvalue weighted by atomic mass is 16.3. The molecule has 0 aliphatic heterocycles. The Labute approximate surface area is 84.7 Å². The normalized spacial score (nSPS) is 17.6. The monoisotopic (exact) mass is 191 g/mol. The molecule has 14 heavy (non-hydrogen) atoms. The summed E-state index contributed by atoms with van der Waals surface area (Å²) < 4.78 is 0. The van der Waals surface area contributed by atoms with Crippen molar-refractivity contribution < 1.29 is 5.11 Å². The first-order chi connectivity index (χ1) is 6.70. The van der Waals surface area contributed by atoms with E-state index >= 15 is 0 Å². The van der Waals surface area contributed by atoms with Crippen LogP contribution in [-0.4, -0.2) is 5.11 Å². The van der Waals surface area contributed by atoms with Gasteiger partial charge >= 0.3 is 0 Å². The van der Waals surface area contributed by atoms with Gasteiger partial charge in [0.2, 0.25) is 0 Å². The predicted molar refractivity (Wildman–Crippen MR) is 57.4 cm³/mol. The molecule has 0 aromatic heterocycles. The predicted octanol–water partition coefficient (Wildman–Crippen LogP) is 2.29. The lowest BCUT2D eigenvalue weighted by Gasteiger charge is -2.22. The lowest BCUT2D eigenvalue weighted by molar-refractivity contribution is 0.461. The molecule has 2 heteroatoms. The van der Waals surface area contributed by atoms with E-state index in [1.807, 2.05) is 13.0 Å². The molecule has 0 heterocycles. The second kappa shape index (κ2) is 3.62. The Balaban J connectivity index is 2.53. The van der Waals surface area contributed by atoms with Crippen LogP contribution in [0.15, 0.2) is 12.1 Å². The molecule has 0 bridgehead atoms. The van der Waals surface area contributed by atoms with Crippen LogP contribution in [0.4, 0.5) is 0 Å². The smallest absolute Gasteiger partial charge is 0.119 e. The maximum atomic E-state index is 9.72. The number of nitrogens with two attached hydrogens (primary N) is 1. The van der Waals surface area contributed by atoms with E-state index in [0.717, 1.165) is 18.4 Å². The summed E-state index contributed by atoms with van der Waals surface area (Å²) in [4.78, 5) is 0. The third-order valence-electron chi connectivity index (χ3n) is 3.04. The lowest BCUT2D eigenvalue weighted by atomic mass is 9.86. The number of phenolic OH excluding ortho intramolecular Hbond substituents is 1. The Kier molecular flexibility index (Phi) is 2.46. The molecule has 76 valence electrons. The molecule has 0 saturated heterocycles. The van der Waals surface area contributed by atoms with Crippen LogP contribution < -0.4 is 5.73 Å². The van der Waals surface area contributed by atoms with E-state index < -0.39 is 0 Å². The molecule has 0 spiro atoms. The van der Waals surface area contributed by atoms with Crippen LogP contribution in [0.3, 0.4) is 0 Å². The number of fused-ring (bicyclic) bond motifs is 1. The number of rotatable bonds is 1. The topological polar surface area (TPSA) is 46.2 Å². The number of phenols is 1. The molecule has 1 aromatic rings. The SMILES string of the molecule is C[C@@H](N)c1ccc(O)c2c1CCCC2. The van der Waals surface area contributed by atoms with Gasteiger partial charge in [0, 0.05) is 6.04 Å². The van der Waals surface area contributed by atoms with Gasteiger partial charge in [0.15, 0.2) is 0 Å². The van der Waals surface area contributed by atoms with Gasteiger partial charge in [-0.3, -0.25) is 0 Å². The van der Waals surface area contributed by atoms with E-state index in [9.17, 15) is 5.11 Å². The third kappa shape index (κ3) is 1.50. The van der Waals surface area contributed by atoms with Gasteiger partial charge in [0.1, 0.15) is 5.75 Å². The van der Waals surface area contributed by atoms with Gasteiger partial charge < -0.3 is 10.8 Å². The Bertz CT molecular complexity index is 344. The minimum Gasteiger partial charge on any atom is -0.508 e. The molecule has 1 aliphatic rings. The fourth-order valence-electron chi connectivity index (χ4n) is 2.30. The highest BCUT2D eigenvalue weighted by Crippen LogP contribution is 2.33. The van der Waals surface area contributed by atoms with Crippen molar-refractivity contribution in [1.29, 1.82) is 0 Å². The van der Waals surface area contributed by atoms with E-state index in [1.165, 1.54) is 24.0 Å². The van der Waals surface area contributed by atoms with Crippen molar-refractivity contribution in [2.75, 3.05) is 0 Å². The minimum atomic E-state index is 0.0717. The Morgan fingerprint density at radius 1 is 1.21 bits per heavy atom. The van der Waals surface area contributed by atoms with Gasteiger partial charge in [0.25, 0.3) is 0 Å². The molecule has 0 saturated carbocycles. The maximum Gasteiger partial charge on any atom is 0.119 e. The quantitative estimate of drug-likeness (QED) is 0.715. The van der Waals surface area contributed by atoms with Gasteiger partial charge in [-0.15, -0.1) is 0 Å². The van der Waals surface area contributed by atoms with Crippen molar-refractivity contribution in [3.05, 3.63) is 28.8 Å². The lowest BCUT2D eigenvalue weighted by Crippen LogP contribution is -2.13. The zero-order valence-electron chi connectivity index (χ0n) is 8.59. The van der Waals surface area contributed by atoms with Crippen LogP contribution >= 0.6 is 0 Å². The van der Waals surface area contributed by atoms with E-state index in [-0.39, 0.29) is 6.04 Å². The summed E-state index contributed by atoms with van der Waals surface area (Å²) in [5, 5.41) is 9.72. The zero-order chi connectivity index (χ0) is 10.1. The third-order valence-corrected chi connectivity index (χ3v) is 3.04. The Morgan fingerprint density at radius 3 is 2.50 bits per heavy atom. The van der Waals surface area contributed by atoms with E-state index in [0.29, 0.717) is 5.75 Å². The Hall–Kier alpha value is -1.02. The fourth-order valence-corrected chi connectivity index (χ4v) is 2.30. The molecule has 2 nitrogen and oxygen atoms in total. The molecule has 2 rings (SSSR count). The Morgan fingerprint density at radius 2 is 1.86 bits per heavy atom. The summed E-state index contributed by atoms with van der Waals surface area (Å²) in [6.07, 6.45) is 4.47. The molecule has 1 aromatic carbocycles. The second-order valence-electron chi connectivity index (χ2n) is 4.13. The van der Waals surface area contributed by atoms with Crippen LogP contribution in [0.5, 0.6) is 5.75 Å². The number of hydrogen-bond acceptors (Lipinski definition) is 2. The summed E-state index contributed by atoms with van der Waals surface area (Å²) in [6.45, 7) is 2.00. The number of hydrogen-bond donors (Lipinski definition) is 2. The van der Waals surface area contributed by atoms with Crippen LogP contribution in [0, 0.1) is 0 Å². The highest BCUT2D eigenvalue weighted by molar-refractivity contribution is 5.46. The average Bonchev–Trinajstić information content (AvgIpc) is 2.18. The van der Waals surface area contributed by atoms with Gasteiger partial charge in [-0.1, -0.05) is 6.07 Å². The maximum absolute atomic E-state index is 9.72. The van der Waals surface area contributed by atoms with Crippen LogP contribution in [0.2, 0.25) is 0 Å². The zero-order valence-corrected chi connectivity index (χ0v) is 8.59. The van der Waals surface area contributed by atoms with Crippen molar-refractivity contribution in [1.82, 2.24) is 0 Å². The molecular formula is C12H17NO. The summed E-state index contributed by atoms with van der Waals surface area (Å²) in [7, 11) is 0. The van der Waals surface area contributed by atoms with Gasteiger partial charge in [-0.2, -0.15) is 0 Å². The van der Waals surface area contributed by atoms with Crippen molar-refractivity contribution in [3.8, 4) is 5.75 Å². The average molecular weight is 191 g/mol. The highest BCUT2D eigenvalue weighted by Gasteiger charge is 2.17. The molecule has 1 aliphatic carbocycles. The summed E-state index contributed by atoms with van der Waals surface area (Å²) in [6, 6.07) is 3.81. The summed E-state index contributed by atoms with van der Waals surface area (Å²) in [5.41, 5.74) is 9.54. The first-order valence-corrected chi connectivity index (χ1v) is 5.29. The van der Waals surface area contributed by atoms with Crippen molar-refractivity contribution in [3.63, 3.8) is 0 Å². The molecule has 0 radical (unpaired) electrons. The molecule has 1 atom stereocenters. The van der Waals surface area contributed by atoms with Crippen LogP contribution in [0.1, 0.15) is 42.5 Å². The summed E-state index contributed by atoms with van der Waals surface area (Å²) >= 11 is 0. The standard InChI is InChI=1S/C12H17NO/c1-8(13)9-6-7-12(14)11-5-3-2-4-10(9)11/h6-8,14H,2-5,13H2,1H3/t8-/m1/s1. The van der Waals surface area contributed by atoms with Crippen molar-refractivity contribution in [2.45, 2.75) is 38.6 Å². The minimum absolute atomic E-state index is 0.0717. The van der Waals surface area contributed by atoms with Crippen molar-refractivity contribution in [2.24, 2.45) is 5.73 Å². The van der Waals surface area contributed by atoms with E-state index in [2.05, 4.69) is 0 Å². The molecule has 0 unspecified atom stereocenters.